The number of anilines is 5. The van der Waals surface area contributed by atoms with E-state index in [1.165, 1.54) is 19.0 Å². The fourth-order valence-electron chi connectivity index (χ4n) is 5.91. The minimum Gasteiger partial charge on any atom is -0.380 e. The topological polar surface area (TPSA) is 153 Å². The number of carbonyl (C=O) groups is 1. The molecule has 2 bridgehead atoms. The molecule has 0 spiro atoms. The van der Waals surface area contributed by atoms with Crippen LogP contribution in [0.4, 0.5) is 29.5 Å². The Morgan fingerprint density at radius 1 is 1.03 bits per heavy atom. The number of methoxy groups -OCH3 is 1. The van der Waals surface area contributed by atoms with Gasteiger partial charge in [-0.05, 0) is 26.3 Å². The fourth-order valence-corrected chi connectivity index (χ4v) is 5.91. The number of H-pyrrole nitrogens is 1. The number of nitrogens with one attached hydrogen (secondary N) is 3. The molecule has 3 aliphatic heterocycles. The maximum Gasteiger partial charge on any atom is 0.248 e. The molecule has 0 aromatic carbocycles. The molecular formula is C25H32N12O2. The summed E-state index contributed by atoms with van der Waals surface area (Å²) in [4.78, 5) is 42.7. The van der Waals surface area contributed by atoms with Crippen molar-refractivity contribution in [2.24, 2.45) is 0 Å². The van der Waals surface area contributed by atoms with E-state index >= 15 is 0 Å². The summed E-state index contributed by atoms with van der Waals surface area (Å²) in [6, 6.07) is 2.29. The molecule has 4 fully saturated rings. The van der Waals surface area contributed by atoms with Gasteiger partial charge in [0, 0.05) is 75.3 Å². The van der Waals surface area contributed by atoms with Crippen molar-refractivity contribution in [1.82, 2.24) is 40.0 Å². The number of piperazine rings is 1. The standard InChI is InChI=1S/C25H32N12O2/c1-35-11-16-7-15(35)12-36(16)24-30-23(29-20-9-18(33-34-20)14-3-4-14)31-25(32-24)37-13-17(39-2)8-19(37)22(38)28-21-10-26-5-6-27-21/h5-6,9-10,14-17,19H,3-4,7-8,11-13H2,1-2H3,(H,27,28,38)(H2,29,30,31,32,33,34)/t15?,16?,17-,19-/m0/s1. The summed E-state index contributed by atoms with van der Waals surface area (Å²) in [5.41, 5.74) is 1.12. The van der Waals surface area contributed by atoms with Crippen LogP contribution in [0.1, 0.15) is 37.3 Å². The van der Waals surface area contributed by atoms with Crippen molar-refractivity contribution < 1.29 is 9.53 Å². The lowest BCUT2D eigenvalue weighted by Crippen LogP contribution is -2.46. The summed E-state index contributed by atoms with van der Waals surface area (Å²) < 4.78 is 5.67. The number of likely N-dealkylation sites (tertiary alicyclic amines) is 1. The zero-order valence-corrected chi connectivity index (χ0v) is 22.0. The quantitative estimate of drug-likeness (QED) is 0.381. The number of ether oxygens (including phenoxy) is 1. The second-order valence-electron chi connectivity index (χ2n) is 10.8. The first-order valence-corrected chi connectivity index (χ1v) is 13.5. The monoisotopic (exact) mass is 532 g/mol. The number of aromatic nitrogens is 7. The zero-order valence-electron chi connectivity index (χ0n) is 22.0. The van der Waals surface area contributed by atoms with Gasteiger partial charge in [-0.3, -0.25) is 19.8 Å². The molecule has 204 valence electrons. The van der Waals surface area contributed by atoms with Gasteiger partial charge in [-0.2, -0.15) is 20.1 Å². The minimum atomic E-state index is -0.548. The highest BCUT2D eigenvalue weighted by atomic mass is 16.5. The fraction of sp³-hybridized carbons (Fsp3) is 0.560. The van der Waals surface area contributed by atoms with E-state index < -0.39 is 6.04 Å². The Morgan fingerprint density at radius 3 is 2.56 bits per heavy atom. The van der Waals surface area contributed by atoms with Gasteiger partial charge >= 0.3 is 0 Å². The average Bonchev–Trinajstić information content (AvgIpc) is 3.26. The number of aromatic amines is 1. The van der Waals surface area contributed by atoms with Crippen molar-refractivity contribution in [3.05, 3.63) is 30.4 Å². The third-order valence-corrected chi connectivity index (χ3v) is 8.21. The Kier molecular flexibility index (Phi) is 6.00. The van der Waals surface area contributed by atoms with Crippen LogP contribution in [0.3, 0.4) is 0 Å². The lowest BCUT2D eigenvalue weighted by Gasteiger charge is -2.32. The molecule has 39 heavy (non-hydrogen) atoms. The number of rotatable bonds is 8. The first-order valence-electron chi connectivity index (χ1n) is 13.5. The van der Waals surface area contributed by atoms with E-state index in [1.54, 1.807) is 19.5 Å². The Morgan fingerprint density at radius 2 is 1.87 bits per heavy atom. The van der Waals surface area contributed by atoms with Gasteiger partial charge in [0.25, 0.3) is 0 Å². The molecule has 4 aliphatic rings. The maximum atomic E-state index is 13.4. The number of hydrogen-bond donors (Lipinski definition) is 3. The maximum absolute atomic E-state index is 13.4. The van der Waals surface area contributed by atoms with Crippen LogP contribution in [0.2, 0.25) is 0 Å². The predicted octanol–water partition coefficient (Wildman–Crippen LogP) is 1.13. The van der Waals surface area contributed by atoms with Crippen LogP contribution in [-0.4, -0.2) is 104 Å². The summed E-state index contributed by atoms with van der Waals surface area (Å²) >= 11 is 0. The van der Waals surface area contributed by atoms with Gasteiger partial charge in [-0.25, -0.2) is 4.98 Å². The van der Waals surface area contributed by atoms with Crippen LogP contribution < -0.4 is 20.4 Å². The molecule has 7 rings (SSSR count). The molecule has 1 aliphatic carbocycles. The van der Waals surface area contributed by atoms with Crippen LogP contribution in [-0.2, 0) is 9.53 Å². The molecule has 0 radical (unpaired) electrons. The van der Waals surface area contributed by atoms with Crippen molar-refractivity contribution in [3.8, 4) is 0 Å². The van der Waals surface area contributed by atoms with E-state index in [2.05, 4.69) is 47.6 Å². The predicted molar refractivity (Wildman–Crippen MR) is 143 cm³/mol. The molecule has 3 N–H and O–H groups in total. The van der Waals surface area contributed by atoms with E-state index in [9.17, 15) is 4.79 Å². The third kappa shape index (κ3) is 4.74. The smallest absolute Gasteiger partial charge is 0.248 e. The zero-order chi connectivity index (χ0) is 26.5. The lowest BCUT2D eigenvalue weighted by molar-refractivity contribution is -0.117. The Labute approximate surface area is 225 Å². The second-order valence-corrected chi connectivity index (χ2v) is 10.8. The second kappa shape index (κ2) is 9.68. The van der Waals surface area contributed by atoms with Gasteiger partial charge in [0.15, 0.2) is 11.6 Å². The van der Waals surface area contributed by atoms with Crippen molar-refractivity contribution in [2.45, 2.75) is 55.8 Å². The molecule has 6 heterocycles. The van der Waals surface area contributed by atoms with Gasteiger partial charge in [0.2, 0.25) is 23.8 Å². The normalized spacial score (nSPS) is 26.4. The molecule has 14 nitrogen and oxygen atoms in total. The van der Waals surface area contributed by atoms with Crippen molar-refractivity contribution in [2.75, 3.05) is 54.2 Å². The first kappa shape index (κ1) is 24.2. The Bertz CT molecular complexity index is 1350. The summed E-state index contributed by atoms with van der Waals surface area (Å²) in [6.07, 6.45) is 8.42. The number of fused-ring (bicyclic) bond motifs is 2. The van der Waals surface area contributed by atoms with Crippen LogP contribution in [0, 0.1) is 0 Å². The van der Waals surface area contributed by atoms with E-state index in [0.717, 1.165) is 25.2 Å². The Hall–Kier alpha value is -3.91. The van der Waals surface area contributed by atoms with E-state index in [-0.39, 0.29) is 12.0 Å². The highest BCUT2D eigenvalue weighted by molar-refractivity contribution is 5.96. The van der Waals surface area contributed by atoms with Crippen LogP contribution >= 0.6 is 0 Å². The third-order valence-electron chi connectivity index (χ3n) is 8.21. The number of nitrogens with zero attached hydrogens (tertiary/aromatic N) is 9. The summed E-state index contributed by atoms with van der Waals surface area (Å²) in [5.74, 6) is 2.83. The van der Waals surface area contributed by atoms with Gasteiger partial charge in [-0.15, -0.1) is 0 Å². The van der Waals surface area contributed by atoms with Crippen LogP contribution in [0.15, 0.2) is 24.7 Å². The molecule has 3 saturated heterocycles. The summed E-state index contributed by atoms with van der Waals surface area (Å²) in [5, 5.41) is 13.7. The van der Waals surface area contributed by atoms with E-state index in [4.69, 9.17) is 19.7 Å². The number of amides is 1. The Balaban J connectivity index is 1.21. The molecule has 3 aromatic heterocycles. The van der Waals surface area contributed by atoms with Gasteiger partial charge in [0.1, 0.15) is 6.04 Å². The van der Waals surface area contributed by atoms with Crippen LogP contribution in [0.25, 0.3) is 0 Å². The number of likely N-dealkylation sites (N-methyl/N-ethyl adjacent to an activating group) is 1. The highest BCUT2D eigenvalue weighted by Gasteiger charge is 2.44. The largest absolute Gasteiger partial charge is 0.380 e. The van der Waals surface area contributed by atoms with E-state index in [1.807, 2.05) is 11.0 Å². The summed E-state index contributed by atoms with van der Waals surface area (Å²) in [7, 11) is 3.82. The first-order chi connectivity index (χ1) is 19.0. The number of carbonyl (C=O) groups excluding carboxylic acids is 1. The van der Waals surface area contributed by atoms with Crippen molar-refractivity contribution in [3.63, 3.8) is 0 Å². The van der Waals surface area contributed by atoms with Gasteiger partial charge in [-0.1, -0.05) is 0 Å². The molecule has 14 heteroatoms. The molecule has 2 unspecified atom stereocenters. The molecule has 1 saturated carbocycles. The number of hydrogen-bond acceptors (Lipinski definition) is 12. The average molecular weight is 533 g/mol. The van der Waals surface area contributed by atoms with Crippen LogP contribution in [0.5, 0.6) is 0 Å². The molecular weight excluding hydrogens is 500 g/mol. The van der Waals surface area contributed by atoms with E-state index in [0.29, 0.717) is 60.4 Å². The highest BCUT2D eigenvalue weighted by Crippen LogP contribution is 2.40. The summed E-state index contributed by atoms with van der Waals surface area (Å²) in [6.45, 7) is 2.30. The SMILES string of the molecule is CO[C@H]1C[C@@H](C(=O)Nc2cnccn2)N(c2nc(Nc3cc(C4CC4)[nH]n3)nc(N3CC4CC3CN4C)n2)C1. The van der Waals surface area contributed by atoms with Gasteiger partial charge in [0.05, 0.1) is 12.3 Å². The van der Waals surface area contributed by atoms with Gasteiger partial charge < -0.3 is 25.2 Å². The van der Waals surface area contributed by atoms with Crippen molar-refractivity contribution in [1.29, 1.82) is 0 Å². The van der Waals surface area contributed by atoms with Crippen molar-refractivity contribution >= 4 is 35.4 Å². The molecule has 1 amide bonds. The molecule has 3 aromatic rings. The lowest BCUT2D eigenvalue weighted by atomic mass is 10.2. The molecule has 4 atom stereocenters. The minimum absolute atomic E-state index is 0.150.